The Kier molecular flexibility index (Phi) is 3.80. The maximum atomic E-state index is 12.3. The Bertz CT molecular complexity index is 588. The van der Waals surface area contributed by atoms with Crippen molar-refractivity contribution in [3.63, 3.8) is 0 Å². The Morgan fingerprint density at radius 1 is 1.37 bits per heavy atom. The minimum atomic E-state index is -0.0807. The average molecular weight is 276 g/mol. The lowest BCUT2D eigenvalue weighted by Crippen LogP contribution is -2.26. The average Bonchev–Trinajstić information content (AvgIpc) is 2.72. The highest BCUT2D eigenvalue weighted by molar-refractivity contribution is 7.09. The molecule has 2 aromatic rings. The first-order chi connectivity index (χ1) is 8.95. The Labute approximate surface area is 116 Å². The number of nitrogens with two attached hydrogens (primary N) is 1. The Balaban J connectivity index is 2.14. The highest BCUT2D eigenvalue weighted by Crippen LogP contribution is 2.13. The number of carbonyl (C=O) groups is 1. The number of aromatic nitrogens is 2. The van der Waals surface area contributed by atoms with Crippen LogP contribution >= 0.6 is 11.3 Å². The molecule has 2 aromatic heterocycles. The number of nitrogens with zero attached hydrogens (tertiary/aromatic N) is 3. The van der Waals surface area contributed by atoms with E-state index < -0.39 is 0 Å². The van der Waals surface area contributed by atoms with E-state index >= 15 is 0 Å². The molecule has 100 valence electrons. The van der Waals surface area contributed by atoms with Crippen LogP contribution in [0.15, 0.2) is 17.5 Å². The molecule has 0 unspecified atom stereocenters. The van der Waals surface area contributed by atoms with Crippen molar-refractivity contribution in [3.05, 3.63) is 39.5 Å². The fourth-order valence-corrected chi connectivity index (χ4v) is 2.44. The Hall–Kier alpha value is -1.95. The number of pyridine rings is 1. The molecule has 0 saturated carbocycles. The van der Waals surface area contributed by atoms with E-state index in [1.165, 1.54) is 0 Å². The smallest absolute Gasteiger partial charge is 0.254 e. The van der Waals surface area contributed by atoms with Crippen molar-refractivity contribution in [2.24, 2.45) is 0 Å². The molecule has 0 bridgehead atoms. The number of amides is 1. The topological polar surface area (TPSA) is 72.1 Å². The second-order valence-electron chi connectivity index (χ2n) is 4.44. The number of carbonyl (C=O) groups excluding carboxylic acids is 1. The van der Waals surface area contributed by atoms with Gasteiger partial charge < -0.3 is 10.6 Å². The summed E-state index contributed by atoms with van der Waals surface area (Å²) in [6.07, 6.45) is 0. The van der Waals surface area contributed by atoms with Gasteiger partial charge in [-0.1, -0.05) is 0 Å². The number of hydrogen-bond acceptors (Lipinski definition) is 5. The van der Waals surface area contributed by atoms with Gasteiger partial charge >= 0.3 is 0 Å². The largest absolute Gasteiger partial charge is 0.384 e. The van der Waals surface area contributed by atoms with E-state index in [-0.39, 0.29) is 5.91 Å². The molecule has 0 aliphatic rings. The van der Waals surface area contributed by atoms with Gasteiger partial charge in [-0.3, -0.25) is 4.79 Å². The van der Waals surface area contributed by atoms with E-state index in [2.05, 4.69) is 9.97 Å². The number of anilines is 1. The zero-order valence-corrected chi connectivity index (χ0v) is 12.0. The van der Waals surface area contributed by atoms with Crippen LogP contribution in [0.4, 0.5) is 5.82 Å². The van der Waals surface area contributed by atoms with Gasteiger partial charge in [0.15, 0.2) is 0 Å². The molecule has 19 heavy (non-hydrogen) atoms. The summed E-state index contributed by atoms with van der Waals surface area (Å²) in [5, 5.41) is 2.96. The lowest BCUT2D eigenvalue weighted by Gasteiger charge is -2.16. The van der Waals surface area contributed by atoms with Crippen molar-refractivity contribution in [2.75, 3.05) is 12.8 Å². The van der Waals surface area contributed by atoms with Crippen molar-refractivity contribution in [1.29, 1.82) is 0 Å². The van der Waals surface area contributed by atoms with E-state index in [4.69, 9.17) is 5.73 Å². The molecule has 0 saturated heterocycles. The van der Waals surface area contributed by atoms with E-state index in [1.54, 1.807) is 35.4 Å². The van der Waals surface area contributed by atoms with E-state index in [1.807, 2.05) is 19.2 Å². The van der Waals surface area contributed by atoms with Crippen LogP contribution in [0.25, 0.3) is 0 Å². The van der Waals surface area contributed by atoms with Crippen molar-refractivity contribution >= 4 is 23.1 Å². The second-order valence-corrected chi connectivity index (χ2v) is 5.50. The van der Waals surface area contributed by atoms with Gasteiger partial charge in [-0.15, -0.1) is 11.3 Å². The molecular formula is C13H16N4OS. The van der Waals surface area contributed by atoms with Crippen LogP contribution in [-0.4, -0.2) is 27.8 Å². The lowest BCUT2D eigenvalue weighted by molar-refractivity contribution is 0.0783. The van der Waals surface area contributed by atoms with E-state index in [0.29, 0.717) is 17.9 Å². The molecule has 0 spiro atoms. The first-order valence-corrected chi connectivity index (χ1v) is 6.74. The maximum absolute atomic E-state index is 12.3. The Morgan fingerprint density at radius 3 is 2.68 bits per heavy atom. The molecular weight excluding hydrogens is 260 g/mol. The van der Waals surface area contributed by atoms with Gasteiger partial charge in [0.25, 0.3) is 5.91 Å². The van der Waals surface area contributed by atoms with Gasteiger partial charge in [-0.05, 0) is 26.0 Å². The number of rotatable bonds is 3. The SMILES string of the molecule is Cc1cc(C(=O)N(C)Cc2csc(C)n2)cc(N)n1. The van der Waals surface area contributed by atoms with Crippen molar-refractivity contribution in [3.8, 4) is 0 Å². The van der Waals surface area contributed by atoms with Gasteiger partial charge in [-0.2, -0.15) is 0 Å². The summed E-state index contributed by atoms with van der Waals surface area (Å²) < 4.78 is 0. The van der Waals surface area contributed by atoms with Crippen LogP contribution in [0, 0.1) is 13.8 Å². The zero-order valence-electron chi connectivity index (χ0n) is 11.2. The summed E-state index contributed by atoms with van der Waals surface area (Å²) in [7, 11) is 1.75. The van der Waals surface area contributed by atoms with Gasteiger partial charge in [0.1, 0.15) is 5.82 Å². The summed E-state index contributed by atoms with van der Waals surface area (Å²) >= 11 is 1.58. The minimum absolute atomic E-state index is 0.0807. The molecule has 6 heteroatoms. The predicted molar refractivity (Wildman–Crippen MR) is 76.0 cm³/mol. The fourth-order valence-electron chi connectivity index (χ4n) is 1.83. The molecule has 2 heterocycles. The Morgan fingerprint density at radius 2 is 2.11 bits per heavy atom. The van der Waals surface area contributed by atoms with Crippen LogP contribution in [0.1, 0.15) is 26.8 Å². The summed E-state index contributed by atoms with van der Waals surface area (Å²) in [5.41, 5.74) is 7.85. The van der Waals surface area contributed by atoms with Gasteiger partial charge in [0.05, 0.1) is 17.2 Å². The summed E-state index contributed by atoms with van der Waals surface area (Å²) in [6, 6.07) is 3.33. The number of thiazole rings is 1. The summed E-state index contributed by atoms with van der Waals surface area (Å²) in [6.45, 7) is 4.25. The van der Waals surface area contributed by atoms with Crippen molar-refractivity contribution < 1.29 is 4.79 Å². The quantitative estimate of drug-likeness (QED) is 0.930. The highest BCUT2D eigenvalue weighted by atomic mass is 32.1. The van der Waals surface area contributed by atoms with Crippen LogP contribution in [-0.2, 0) is 6.54 Å². The second kappa shape index (κ2) is 5.36. The first kappa shape index (κ1) is 13.5. The first-order valence-electron chi connectivity index (χ1n) is 5.86. The number of nitrogen functional groups attached to an aromatic ring is 1. The molecule has 2 N–H and O–H groups in total. The summed E-state index contributed by atoms with van der Waals surface area (Å²) in [5.74, 6) is 0.282. The normalized spacial score (nSPS) is 10.5. The van der Waals surface area contributed by atoms with Gasteiger partial charge in [-0.25, -0.2) is 9.97 Å². The molecule has 0 fully saturated rings. The van der Waals surface area contributed by atoms with E-state index in [0.717, 1.165) is 16.4 Å². The predicted octanol–water partition coefficient (Wildman–Crippen LogP) is 2.01. The summed E-state index contributed by atoms with van der Waals surface area (Å²) in [4.78, 5) is 22.3. The maximum Gasteiger partial charge on any atom is 0.254 e. The highest BCUT2D eigenvalue weighted by Gasteiger charge is 2.14. The molecule has 0 aliphatic carbocycles. The van der Waals surface area contributed by atoms with Gasteiger partial charge in [0, 0.05) is 23.7 Å². The van der Waals surface area contributed by atoms with Crippen LogP contribution in [0.2, 0.25) is 0 Å². The molecule has 5 nitrogen and oxygen atoms in total. The molecule has 0 aliphatic heterocycles. The molecule has 1 amide bonds. The monoisotopic (exact) mass is 276 g/mol. The zero-order chi connectivity index (χ0) is 14.0. The molecule has 0 aromatic carbocycles. The third-order valence-corrected chi connectivity index (χ3v) is 3.45. The third-order valence-electron chi connectivity index (χ3n) is 2.63. The fraction of sp³-hybridized carbons (Fsp3) is 0.308. The van der Waals surface area contributed by atoms with Crippen molar-refractivity contribution in [2.45, 2.75) is 20.4 Å². The van der Waals surface area contributed by atoms with Crippen LogP contribution < -0.4 is 5.73 Å². The van der Waals surface area contributed by atoms with Crippen molar-refractivity contribution in [1.82, 2.24) is 14.9 Å². The minimum Gasteiger partial charge on any atom is -0.384 e. The lowest BCUT2D eigenvalue weighted by atomic mass is 10.2. The van der Waals surface area contributed by atoms with Gasteiger partial charge in [0.2, 0.25) is 0 Å². The van der Waals surface area contributed by atoms with Crippen LogP contribution in [0.5, 0.6) is 0 Å². The molecule has 0 atom stereocenters. The standard InChI is InChI=1S/C13H16N4OS/c1-8-4-10(5-12(14)15-8)13(18)17(3)6-11-7-19-9(2)16-11/h4-5,7H,6H2,1-3H3,(H2,14,15). The van der Waals surface area contributed by atoms with Crippen LogP contribution in [0.3, 0.4) is 0 Å². The molecule has 2 rings (SSSR count). The number of hydrogen-bond donors (Lipinski definition) is 1. The van der Waals surface area contributed by atoms with E-state index in [9.17, 15) is 4.79 Å². The molecule has 0 radical (unpaired) electrons. The number of aryl methyl sites for hydroxylation is 2. The third kappa shape index (κ3) is 3.29.